The maximum atomic E-state index is 5.86. The first-order chi connectivity index (χ1) is 9.22. The number of oxazole rings is 1. The van der Waals surface area contributed by atoms with Gasteiger partial charge in [0.05, 0.1) is 6.20 Å². The lowest BCUT2D eigenvalue weighted by molar-refractivity contribution is 0.589. The second kappa shape index (κ2) is 4.78. The van der Waals surface area contributed by atoms with Gasteiger partial charge < -0.3 is 10.2 Å². The monoisotopic (exact) mass is 270 g/mol. The summed E-state index contributed by atoms with van der Waals surface area (Å²) in [5, 5.41) is 0.696. The molecule has 4 heteroatoms. The predicted octanol–water partition coefficient (Wildman–Crippen LogP) is 4.24. The van der Waals surface area contributed by atoms with Crippen molar-refractivity contribution in [1.29, 1.82) is 0 Å². The molecule has 0 saturated carbocycles. The van der Waals surface area contributed by atoms with Crippen molar-refractivity contribution >= 4 is 17.3 Å². The van der Waals surface area contributed by atoms with Crippen LogP contribution in [-0.4, -0.2) is 4.98 Å². The Balaban J connectivity index is 1.95. The fourth-order valence-corrected chi connectivity index (χ4v) is 1.91. The third kappa shape index (κ3) is 2.46. The third-order valence-corrected chi connectivity index (χ3v) is 3.04. The average molecular weight is 271 g/mol. The molecule has 0 aliphatic carbocycles. The van der Waals surface area contributed by atoms with Crippen molar-refractivity contribution in [3.05, 3.63) is 59.8 Å². The van der Waals surface area contributed by atoms with Crippen molar-refractivity contribution in [1.82, 2.24) is 4.98 Å². The van der Waals surface area contributed by atoms with E-state index in [0.29, 0.717) is 22.4 Å². The average Bonchev–Trinajstić information content (AvgIpc) is 2.90. The van der Waals surface area contributed by atoms with Crippen molar-refractivity contribution < 1.29 is 4.42 Å². The van der Waals surface area contributed by atoms with Gasteiger partial charge in [0.1, 0.15) is 0 Å². The number of nitrogens with zero attached hydrogens (tertiary/aromatic N) is 1. The minimum Gasteiger partial charge on any atom is -0.436 e. The van der Waals surface area contributed by atoms with E-state index in [9.17, 15) is 0 Å². The standard InChI is InChI=1S/C15H11ClN2O/c16-12-5-1-10(2-6-12)14-9-18-15(19-14)11-3-7-13(17)8-4-11/h1-9H,17H2. The molecular weight excluding hydrogens is 260 g/mol. The number of hydrogen-bond acceptors (Lipinski definition) is 3. The molecule has 0 aliphatic rings. The zero-order chi connectivity index (χ0) is 13.2. The third-order valence-electron chi connectivity index (χ3n) is 2.79. The van der Waals surface area contributed by atoms with E-state index in [-0.39, 0.29) is 0 Å². The van der Waals surface area contributed by atoms with Crippen LogP contribution < -0.4 is 5.73 Å². The van der Waals surface area contributed by atoms with Gasteiger partial charge in [-0.1, -0.05) is 11.6 Å². The number of benzene rings is 2. The van der Waals surface area contributed by atoms with Gasteiger partial charge in [-0.2, -0.15) is 0 Å². The summed E-state index contributed by atoms with van der Waals surface area (Å²) < 4.78 is 5.74. The van der Waals surface area contributed by atoms with Crippen LogP contribution in [0.15, 0.2) is 59.1 Å². The van der Waals surface area contributed by atoms with Crippen molar-refractivity contribution in [2.45, 2.75) is 0 Å². The molecule has 3 nitrogen and oxygen atoms in total. The van der Waals surface area contributed by atoms with Gasteiger partial charge in [0.2, 0.25) is 5.89 Å². The molecule has 1 heterocycles. The fourth-order valence-electron chi connectivity index (χ4n) is 1.78. The Hall–Kier alpha value is -2.26. The first kappa shape index (κ1) is 11.8. The zero-order valence-corrected chi connectivity index (χ0v) is 10.8. The van der Waals surface area contributed by atoms with Crippen LogP contribution in [0.5, 0.6) is 0 Å². The summed E-state index contributed by atoms with van der Waals surface area (Å²) in [6, 6.07) is 14.8. The number of hydrogen-bond donors (Lipinski definition) is 1. The van der Waals surface area contributed by atoms with Gasteiger partial charge in [0, 0.05) is 21.8 Å². The summed E-state index contributed by atoms with van der Waals surface area (Å²) in [7, 11) is 0. The van der Waals surface area contributed by atoms with E-state index in [1.165, 1.54) is 0 Å². The largest absolute Gasteiger partial charge is 0.436 e. The number of anilines is 1. The van der Waals surface area contributed by atoms with Crippen LogP contribution in [0.2, 0.25) is 5.02 Å². The molecule has 19 heavy (non-hydrogen) atoms. The fraction of sp³-hybridized carbons (Fsp3) is 0. The highest BCUT2D eigenvalue weighted by molar-refractivity contribution is 6.30. The van der Waals surface area contributed by atoms with Crippen molar-refractivity contribution in [2.24, 2.45) is 0 Å². The number of halogens is 1. The van der Waals surface area contributed by atoms with Crippen LogP contribution in [0.3, 0.4) is 0 Å². The van der Waals surface area contributed by atoms with Gasteiger partial charge >= 0.3 is 0 Å². The molecule has 0 radical (unpaired) electrons. The maximum Gasteiger partial charge on any atom is 0.226 e. The van der Waals surface area contributed by atoms with Crippen molar-refractivity contribution in [3.63, 3.8) is 0 Å². The van der Waals surface area contributed by atoms with Gasteiger partial charge in [-0.25, -0.2) is 4.98 Å². The van der Waals surface area contributed by atoms with Crippen LogP contribution in [0.4, 0.5) is 5.69 Å². The topological polar surface area (TPSA) is 52.0 Å². The van der Waals surface area contributed by atoms with E-state index < -0.39 is 0 Å². The molecule has 2 N–H and O–H groups in total. The van der Waals surface area contributed by atoms with Gasteiger partial charge in [0.25, 0.3) is 0 Å². The molecule has 0 unspecified atom stereocenters. The lowest BCUT2D eigenvalue weighted by Crippen LogP contribution is -1.83. The Labute approximate surface area is 115 Å². The van der Waals surface area contributed by atoms with Gasteiger partial charge in [-0.15, -0.1) is 0 Å². The first-order valence-corrected chi connectivity index (χ1v) is 6.18. The Morgan fingerprint density at radius 2 is 1.53 bits per heavy atom. The van der Waals surface area contributed by atoms with Crippen LogP contribution in [0.25, 0.3) is 22.8 Å². The molecular formula is C15H11ClN2O. The highest BCUT2D eigenvalue weighted by Crippen LogP contribution is 2.27. The number of nitrogen functional groups attached to an aromatic ring is 1. The van der Waals surface area contributed by atoms with Gasteiger partial charge in [-0.3, -0.25) is 0 Å². The summed E-state index contributed by atoms with van der Waals surface area (Å²) in [4.78, 5) is 4.27. The summed E-state index contributed by atoms with van der Waals surface area (Å²) in [5.41, 5.74) is 8.21. The zero-order valence-electron chi connectivity index (χ0n) is 10.0. The highest BCUT2D eigenvalue weighted by atomic mass is 35.5. The molecule has 0 amide bonds. The lowest BCUT2D eigenvalue weighted by Gasteiger charge is -1.98. The van der Waals surface area contributed by atoms with E-state index in [1.807, 2.05) is 48.5 Å². The Bertz CT molecular complexity index is 627. The van der Waals surface area contributed by atoms with Crippen LogP contribution in [0.1, 0.15) is 0 Å². The molecule has 2 aromatic carbocycles. The molecule has 0 fully saturated rings. The van der Waals surface area contributed by atoms with E-state index >= 15 is 0 Å². The number of rotatable bonds is 2. The lowest BCUT2D eigenvalue weighted by atomic mass is 10.2. The number of aromatic nitrogens is 1. The summed E-state index contributed by atoms with van der Waals surface area (Å²) in [5.74, 6) is 1.29. The minimum atomic E-state index is 0.574. The quantitative estimate of drug-likeness (QED) is 0.709. The Morgan fingerprint density at radius 3 is 2.21 bits per heavy atom. The number of nitrogens with two attached hydrogens (primary N) is 1. The van der Waals surface area contributed by atoms with Crippen LogP contribution >= 0.6 is 11.6 Å². The summed E-state index contributed by atoms with van der Waals surface area (Å²) in [6.07, 6.45) is 1.70. The Morgan fingerprint density at radius 1 is 0.895 bits per heavy atom. The highest BCUT2D eigenvalue weighted by Gasteiger charge is 2.08. The molecule has 0 bridgehead atoms. The van der Waals surface area contributed by atoms with E-state index in [0.717, 1.165) is 11.1 Å². The van der Waals surface area contributed by atoms with Gasteiger partial charge in [0.15, 0.2) is 5.76 Å². The smallest absolute Gasteiger partial charge is 0.226 e. The predicted molar refractivity (Wildman–Crippen MR) is 76.8 cm³/mol. The SMILES string of the molecule is Nc1ccc(-c2ncc(-c3ccc(Cl)cc3)o2)cc1. The van der Waals surface area contributed by atoms with Crippen molar-refractivity contribution in [2.75, 3.05) is 5.73 Å². The molecule has 94 valence electrons. The second-order valence-electron chi connectivity index (χ2n) is 4.16. The van der Waals surface area contributed by atoms with E-state index in [1.54, 1.807) is 6.20 Å². The van der Waals surface area contributed by atoms with Crippen LogP contribution in [-0.2, 0) is 0 Å². The van der Waals surface area contributed by atoms with Crippen LogP contribution in [0, 0.1) is 0 Å². The minimum absolute atomic E-state index is 0.574. The van der Waals surface area contributed by atoms with Crippen molar-refractivity contribution in [3.8, 4) is 22.8 Å². The normalized spacial score (nSPS) is 10.6. The molecule has 1 aromatic heterocycles. The molecule has 0 atom stereocenters. The molecule has 0 saturated heterocycles. The molecule has 3 rings (SSSR count). The van der Waals surface area contributed by atoms with E-state index in [4.69, 9.17) is 21.8 Å². The maximum absolute atomic E-state index is 5.86. The summed E-state index contributed by atoms with van der Waals surface area (Å²) in [6.45, 7) is 0. The molecule has 0 aliphatic heterocycles. The molecule has 3 aromatic rings. The van der Waals surface area contributed by atoms with E-state index in [2.05, 4.69) is 4.98 Å². The Kier molecular flexibility index (Phi) is 2.97. The summed E-state index contributed by atoms with van der Waals surface area (Å²) >= 11 is 5.86. The first-order valence-electron chi connectivity index (χ1n) is 5.80. The van der Waals surface area contributed by atoms with Gasteiger partial charge in [-0.05, 0) is 48.5 Å². The second-order valence-corrected chi connectivity index (χ2v) is 4.60. The molecule has 0 spiro atoms.